The van der Waals surface area contributed by atoms with E-state index in [9.17, 15) is 0 Å². The van der Waals surface area contributed by atoms with Gasteiger partial charge in [0.1, 0.15) is 0 Å². The number of hydrogen-bond donors (Lipinski definition) is 1. The first-order valence-electron chi connectivity index (χ1n) is 4.46. The van der Waals surface area contributed by atoms with E-state index in [1.165, 1.54) is 16.6 Å². The molecular weight excluding hydrogens is 162 g/mol. The minimum atomic E-state index is 0.771. The molecule has 1 heterocycles. The lowest BCUT2D eigenvalue weighted by Gasteiger charge is -1.94. The van der Waals surface area contributed by atoms with Crippen LogP contribution in [0, 0.1) is 0 Å². The molecule has 2 heteroatoms. The number of ether oxygens (including phenoxy) is 1. The first kappa shape index (κ1) is 8.32. The third kappa shape index (κ3) is 1.73. The smallest absolute Gasteiger partial charge is 0.0516 e. The molecule has 2 aromatic rings. The lowest BCUT2D eigenvalue weighted by atomic mass is 10.2. The van der Waals surface area contributed by atoms with Crippen molar-refractivity contribution in [1.29, 1.82) is 0 Å². The van der Waals surface area contributed by atoms with Gasteiger partial charge in [-0.1, -0.05) is 18.2 Å². The highest BCUT2D eigenvalue weighted by Crippen LogP contribution is 2.14. The average Bonchev–Trinajstić information content (AvgIpc) is 2.57. The fraction of sp³-hybridized carbons (Fsp3) is 0.273. The van der Waals surface area contributed by atoms with Crippen LogP contribution in [0.2, 0.25) is 0 Å². The summed E-state index contributed by atoms with van der Waals surface area (Å²) in [5.74, 6) is 0. The number of nitrogens with one attached hydrogen (secondary N) is 1. The molecule has 0 aliphatic heterocycles. The molecule has 0 aliphatic carbocycles. The van der Waals surface area contributed by atoms with Crippen molar-refractivity contribution in [1.82, 2.24) is 4.98 Å². The Bertz CT molecular complexity index is 359. The number of methoxy groups -OCH3 is 1. The molecule has 0 unspecified atom stereocenters. The number of rotatable bonds is 3. The minimum absolute atomic E-state index is 0.771. The van der Waals surface area contributed by atoms with Gasteiger partial charge in [0, 0.05) is 24.7 Å². The summed E-state index contributed by atoms with van der Waals surface area (Å²) in [6.07, 6.45) is 0.950. The molecule has 0 radical (unpaired) electrons. The van der Waals surface area contributed by atoms with Gasteiger partial charge in [0.05, 0.1) is 6.61 Å². The van der Waals surface area contributed by atoms with Crippen LogP contribution in [0.5, 0.6) is 0 Å². The second kappa shape index (κ2) is 3.62. The van der Waals surface area contributed by atoms with Crippen molar-refractivity contribution in [2.75, 3.05) is 13.7 Å². The van der Waals surface area contributed by atoms with Crippen molar-refractivity contribution >= 4 is 10.9 Å². The van der Waals surface area contributed by atoms with Crippen LogP contribution >= 0.6 is 0 Å². The summed E-state index contributed by atoms with van der Waals surface area (Å²) in [5.41, 5.74) is 2.44. The summed E-state index contributed by atoms with van der Waals surface area (Å²) in [7, 11) is 1.72. The van der Waals surface area contributed by atoms with Gasteiger partial charge in [-0.3, -0.25) is 0 Å². The number of para-hydroxylation sites is 1. The van der Waals surface area contributed by atoms with Crippen LogP contribution in [0.15, 0.2) is 30.3 Å². The van der Waals surface area contributed by atoms with Gasteiger partial charge in [-0.05, 0) is 17.5 Å². The van der Waals surface area contributed by atoms with E-state index in [1.54, 1.807) is 7.11 Å². The van der Waals surface area contributed by atoms with E-state index >= 15 is 0 Å². The summed E-state index contributed by atoms with van der Waals surface area (Å²) >= 11 is 0. The number of benzene rings is 1. The highest BCUT2D eigenvalue weighted by molar-refractivity contribution is 5.80. The van der Waals surface area contributed by atoms with Gasteiger partial charge in [0.2, 0.25) is 0 Å². The lowest BCUT2D eigenvalue weighted by molar-refractivity contribution is 0.201. The Morgan fingerprint density at radius 1 is 1.31 bits per heavy atom. The molecule has 68 valence electrons. The van der Waals surface area contributed by atoms with Gasteiger partial charge in [-0.15, -0.1) is 0 Å². The number of aromatic nitrogens is 1. The predicted octanol–water partition coefficient (Wildman–Crippen LogP) is 2.36. The molecule has 0 fully saturated rings. The highest BCUT2D eigenvalue weighted by Gasteiger charge is 1.98. The third-order valence-corrected chi connectivity index (χ3v) is 2.16. The monoisotopic (exact) mass is 175 g/mol. The summed E-state index contributed by atoms with van der Waals surface area (Å²) in [5, 5.41) is 1.27. The molecule has 2 rings (SSSR count). The summed E-state index contributed by atoms with van der Waals surface area (Å²) in [6, 6.07) is 10.5. The van der Waals surface area contributed by atoms with Gasteiger partial charge >= 0.3 is 0 Å². The summed E-state index contributed by atoms with van der Waals surface area (Å²) < 4.78 is 5.02. The quantitative estimate of drug-likeness (QED) is 0.761. The Kier molecular flexibility index (Phi) is 2.32. The van der Waals surface area contributed by atoms with E-state index < -0.39 is 0 Å². The average molecular weight is 175 g/mol. The van der Waals surface area contributed by atoms with Crippen LogP contribution in [-0.4, -0.2) is 18.7 Å². The van der Waals surface area contributed by atoms with E-state index in [4.69, 9.17) is 4.74 Å². The Balaban J connectivity index is 2.28. The maximum Gasteiger partial charge on any atom is 0.0516 e. The molecule has 2 nitrogen and oxygen atoms in total. The zero-order chi connectivity index (χ0) is 9.10. The van der Waals surface area contributed by atoms with E-state index in [0.29, 0.717) is 0 Å². The lowest BCUT2D eigenvalue weighted by Crippen LogP contribution is -1.93. The number of hydrogen-bond acceptors (Lipinski definition) is 1. The van der Waals surface area contributed by atoms with E-state index in [-0.39, 0.29) is 0 Å². The molecule has 1 aromatic carbocycles. The first-order valence-corrected chi connectivity index (χ1v) is 4.46. The van der Waals surface area contributed by atoms with E-state index in [0.717, 1.165) is 13.0 Å². The highest BCUT2D eigenvalue weighted by atomic mass is 16.5. The van der Waals surface area contributed by atoms with Gasteiger partial charge in [-0.2, -0.15) is 0 Å². The van der Waals surface area contributed by atoms with Crippen LogP contribution < -0.4 is 0 Å². The van der Waals surface area contributed by atoms with Crippen LogP contribution in [0.25, 0.3) is 10.9 Å². The van der Waals surface area contributed by atoms with Gasteiger partial charge < -0.3 is 9.72 Å². The van der Waals surface area contributed by atoms with Crippen molar-refractivity contribution in [3.8, 4) is 0 Å². The van der Waals surface area contributed by atoms with E-state index in [2.05, 4.69) is 29.2 Å². The number of aromatic amines is 1. The fourth-order valence-electron chi connectivity index (χ4n) is 1.48. The largest absolute Gasteiger partial charge is 0.384 e. The molecule has 0 spiro atoms. The molecule has 13 heavy (non-hydrogen) atoms. The zero-order valence-electron chi connectivity index (χ0n) is 7.71. The second-order valence-electron chi connectivity index (χ2n) is 3.12. The SMILES string of the molecule is COCCc1cc2ccccc2[nH]1. The molecular formula is C11H13NO. The fourth-order valence-corrected chi connectivity index (χ4v) is 1.48. The van der Waals surface area contributed by atoms with Gasteiger partial charge in [0.15, 0.2) is 0 Å². The zero-order valence-corrected chi connectivity index (χ0v) is 7.71. The summed E-state index contributed by atoms with van der Waals surface area (Å²) in [4.78, 5) is 3.35. The molecule has 1 N–H and O–H groups in total. The van der Waals surface area contributed by atoms with Crippen LogP contribution in [0.1, 0.15) is 5.69 Å². The van der Waals surface area contributed by atoms with Gasteiger partial charge in [0.25, 0.3) is 0 Å². The van der Waals surface area contributed by atoms with Crippen LogP contribution in [-0.2, 0) is 11.2 Å². The molecule has 0 atom stereocenters. The van der Waals surface area contributed by atoms with Crippen molar-refractivity contribution in [2.24, 2.45) is 0 Å². The van der Waals surface area contributed by atoms with Crippen molar-refractivity contribution in [3.05, 3.63) is 36.0 Å². The van der Waals surface area contributed by atoms with E-state index in [1.807, 2.05) is 6.07 Å². The van der Waals surface area contributed by atoms with Crippen LogP contribution in [0.3, 0.4) is 0 Å². The molecule has 1 aromatic heterocycles. The third-order valence-electron chi connectivity index (χ3n) is 2.16. The first-order chi connectivity index (χ1) is 6.40. The van der Waals surface area contributed by atoms with Crippen molar-refractivity contribution in [2.45, 2.75) is 6.42 Å². The molecule has 0 bridgehead atoms. The number of H-pyrrole nitrogens is 1. The number of fused-ring (bicyclic) bond motifs is 1. The molecule has 0 saturated carbocycles. The normalized spacial score (nSPS) is 10.8. The second-order valence-corrected chi connectivity index (χ2v) is 3.12. The minimum Gasteiger partial charge on any atom is -0.384 e. The Hall–Kier alpha value is -1.28. The Morgan fingerprint density at radius 2 is 2.15 bits per heavy atom. The van der Waals surface area contributed by atoms with Crippen molar-refractivity contribution in [3.63, 3.8) is 0 Å². The Morgan fingerprint density at radius 3 is 2.92 bits per heavy atom. The molecule has 0 aliphatic rings. The Labute approximate surface area is 77.5 Å². The maximum absolute atomic E-state index is 5.02. The van der Waals surface area contributed by atoms with Crippen LogP contribution in [0.4, 0.5) is 0 Å². The predicted molar refractivity (Wildman–Crippen MR) is 53.9 cm³/mol. The standard InChI is InChI=1S/C11H13NO/c1-13-7-6-10-8-9-4-2-3-5-11(9)12-10/h2-5,8,12H,6-7H2,1H3. The van der Waals surface area contributed by atoms with Gasteiger partial charge in [-0.25, -0.2) is 0 Å². The summed E-state index contributed by atoms with van der Waals surface area (Å²) in [6.45, 7) is 0.771. The molecule has 0 saturated heterocycles. The maximum atomic E-state index is 5.02. The molecule has 0 amide bonds. The van der Waals surface area contributed by atoms with Crippen molar-refractivity contribution < 1.29 is 4.74 Å². The topological polar surface area (TPSA) is 25.0 Å².